The Balaban J connectivity index is 2.14. The Morgan fingerprint density at radius 2 is 2.18 bits per heavy atom. The fraction of sp³-hybridized carbons (Fsp3) is 0.400. The third-order valence-corrected chi connectivity index (χ3v) is 2.69. The molecule has 1 aromatic rings. The number of benzene rings is 1. The van der Waals surface area contributed by atoms with Crippen molar-refractivity contribution in [3.8, 4) is 5.75 Å². The molecule has 1 saturated carbocycles. The number of para-hydroxylation sites is 1. The second-order valence-electron chi connectivity index (χ2n) is 3.45. The Morgan fingerprint density at radius 1 is 1.27 bits per heavy atom. The Kier molecular flexibility index (Phi) is 0.916. The summed E-state index contributed by atoms with van der Waals surface area (Å²) in [7, 11) is 0. The lowest BCUT2D eigenvalue weighted by Gasteiger charge is -2.15. The lowest BCUT2D eigenvalue weighted by atomic mass is 10.1. The number of hydrogen-bond donors (Lipinski definition) is 0. The minimum Gasteiger partial charge on any atom is -0.493 e. The topological polar surface area (TPSA) is 9.23 Å². The molecule has 0 radical (unpaired) electrons. The van der Waals surface area contributed by atoms with Gasteiger partial charge in [0.2, 0.25) is 0 Å². The highest BCUT2D eigenvalue weighted by atomic mass is 16.5. The van der Waals surface area contributed by atoms with E-state index in [1.165, 1.54) is 12.0 Å². The average molecular weight is 146 g/mol. The maximum Gasteiger partial charge on any atom is 0.122 e. The van der Waals surface area contributed by atoms with Crippen LogP contribution in [0.15, 0.2) is 24.3 Å². The van der Waals surface area contributed by atoms with Crippen molar-refractivity contribution in [1.82, 2.24) is 0 Å². The van der Waals surface area contributed by atoms with Crippen LogP contribution in [0, 0.1) is 5.92 Å². The summed E-state index contributed by atoms with van der Waals surface area (Å²) in [6.45, 7) is 0.946. The van der Waals surface area contributed by atoms with Crippen molar-refractivity contribution in [2.45, 2.75) is 12.3 Å². The smallest absolute Gasteiger partial charge is 0.122 e. The van der Waals surface area contributed by atoms with E-state index in [-0.39, 0.29) is 0 Å². The van der Waals surface area contributed by atoms with Gasteiger partial charge in [0.25, 0.3) is 0 Å². The second-order valence-corrected chi connectivity index (χ2v) is 3.45. The predicted molar refractivity (Wildman–Crippen MR) is 42.8 cm³/mol. The van der Waals surface area contributed by atoms with Gasteiger partial charge in [-0.2, -0.15) is 0 Å². The van der Waals surface area contributed by atoms with Gasteiger partial charge in [-0.15, -0.1) is 0 Å². The quantitative estimate of drug-likeness (QED) is 0.545. The van der Waals surface area contributed by atoms with E-state index >= 15 is 0 Å². The minimum atomic E-state index is 0.833. The molecule has 1 fully saturated rings. The van der Waals surface area contributed by atoms with Crippen LogP contribution < -0.4 is 4.74 Å². The van der Waals surface area contributed by atoms with Crippen molar-refractivity contribution in [3.63, 3.8) is 0 Å². The van der Waals surface area contributed by atoms with Crippen LogP contribution in [0.5, 0.6) is 5.75 Å². The van der Waals surface area contributed by atoms with Crippen molar-refractivity contribution < 1.29 is 4.74 Å². The van der Waals surface area contributed by atoms with Crippen LogP contribution in [0.1, 0.15) is 17.9 Å². The molecule has 1 heterocycles. The van der Waals surface area contributed by atoms with Gasteiger partial charge in [-0.05, 0) is 24.0 Å². The summed E-state index contributed by atoms with van der Waals surface area (Å²) in [5, 5.41) is 0. The number of ether oxygens (including phenoxy) is 1. The summed E-state index contributed by atoms with van der Waals surface area (Å²) >= 11 is 0. The molecule has 0 unspecified atom stereocenters. The first-order valence-corrected chi connectivity index (χ1v) is 4.17. The van der Waals surface area contributed by atoms with Crippen LogP contribution in [0.2, 0.25) is 0 Å². The molecule has 11 heavy (non-hydrogen) atoms. The zero-order valence-corrected chi connectivity index (χ0v) is 6.29. The molecule has 1 aromatic carbocycles. The fourth-order valence-electron chi connectivity index (χ4n) is 1.93. The summed E-state index contributed by atoms with van der Waals surface area (Å²) in [6, 6.07) is 8.41. The SMILES string of the molecule is c1ccc2c(c1)OC[C@@H]1C[C@@H]21. The number of hydrogen-bond acceptors (Lipinski definition) is 1. The molecule has 1 nitrogen and oxygen atoms in total. The molecule has 0 N–H and O–H groups in total. The van der Waals surface area contributed by atoms with Crippen LogP contribution in [0.4, 0.5) is 0 Å². The number of fused-ring (bicyclic) bond motifs is 3. The Morgan fingerprint density at radius 3 is 3.18 bits per heavy atom. The maximum absolute atomic E-state index is 5.58. The van der Waals surface area contributed by atoms with Gasteiger partial charge >= 0.3 is 0 Å². The first-order valence-electron chi connectivity index (χ1n) is 4.17. The first kappa shape index (κ1) is 5.64. The maximum atomic E-state index is 5.58. The molecule has 1 aliphatic carbocycles. The molecule has 2 atom stereocenters. The highest BCUT2D eigenvalue weighted by Gasteiger charge is 2.43. The van der Waals surface area contributed by atoms with Gasteiger partial charge in [0.15, 0.2) is 0 Å². The lowest BCUT2D eigenvalue weighted by Crippen LogP contribution is -2.07. The standard InChI is InChI=1S/C10H10O/c1-2-4-10-8(3-1)9-5-7(9)6-11-10/h1-4,7,9H,5-6H2/t7-,9+/m0/s1. The Hall–Kier alpha value is -0.980. The summed E-state index contributed by atoms with van der Waals surface area (Å²) < 4.78 is 5.58. The van der Waals surface area contributed by atoms with Crippen LogP contribution in [-0.2, 0) is 0 Å². The monoisotopic (exact) mass is 146 g/mol. The number of rotatable bonds is 0. The Labute approximate surface area is 66.0 Å². The van der Waals surface area contributed by atoms with Crippen molar-refractivity contribution >= 4 is 0 Å². The minimum absolute atomic E-state index is 0.833. The van der Waals surface area contributed by atoms with Gasteiger partial charge in [0, 0.05) is 5.92 Å². The van der Waals surface area contributed by atoms with Gasteiger partial charge in [-0.25, -0.2) is 0 Å². The molecular weight excluding hydrogens is 136 g/mol. The van der Waals surface area contributed by atoms with E-state index in [0.717, 1.165) is 24.2 Å². The lowest BCUT2D eigenvalue weighted by molar-refractivity contribution is 0.279. The zero-order valence-electron chi connectivity index (χ0n) is 6.29. The fourth-order valence-corrected chi connectivity index (χ4v) is 1.93. The molecule has 1 heteroatoms. The normalized spacial score (nSPS) is 31.6. The summed E-state index contributed by atoms with van der Waals surface area (Å²) in [4.78, 5) is 0. The molecule has 0 aromatic heterocycles. The third-order valence-electron chi connectivity index (χ3n) is 2.69. The van der Waals surface area contributed by atoms with E-state index in [9.17, 15) is 0 Å². The zero-order chi connectivity index (χ0) is 7.26. The van der Waals surface area contributed by atoms with Crippen molar-refractivity contribution in [1.29, 1.82) is 0 Å². The van der Waals surface area contributed by atoms with Gasteiger partial charge in [-0.3, -0.25) is 0 Å². The van der Waals surface area contributed by atoms with Crippen molar-refractivity contribution in [3.05, 3.63) is 29.8 Å². The summed E-state index contributed by atoms with van der Waals surface area (Å²) in [5.74, 6) is 2.79. The van der Waals surface area contributed by atoms with E-state index in [4.69, 9.17) is 4.74 Å². The van der Waals surface area contributed by atoms with E-state index in [2.05, 4.69) is 18.2 Å². The molecule has 0 saturated heterocycles. The van der Waals surface area contributed by atoms with Crippen molar-refractivity contribution in [2.75, 3.05) is 6.61 Å². The van der Waals surface area contributed by atoms with Crippen LogP contribution in [0.25, 0.3) is 0 Å². The van der Waals surface area contributed by atoms with Crippen LogP contribution >= 0.6 is 0 Å². The van der Waals surface area contributed by atoms with Gasteiger partial charge in [-0.1, -0.05) is 18.2 Å². The van der Waals surface area contributed by atoms with Gasteiger partial charge < -0.3 is 4.74 Å². The largest absolute Gasteiger partial charge is 0.493 e. The predicted octanol–water partition coefficient (Wildman–Crippen LogP) is 2.18. The van der Waals surface area contributed by atoms with Crippen LogP contribution in [0.3, 0.4) is 0 Å². The summed E-state index contributed by atoms with van der Waals surface area (Å²) in [6.07, 6.45) is 1.34. The summed E-state index contributed by atoms with van der Waals surface area (Å²) in [5.41, 5.74) is 1.43. The molecule has 56 valence electrons. The van der Waals surface area contributed by atoms with Crippen LogP contribution in [-0.4, -0.2) is 6.61 Å². The molecular formula is C10H10O. The highest BCUT2D eigenvalue weighted by Crippen LogP contribution is 2.53. The molecule has 0 amide bonds. The van der Waals surface area contributed by atoms with E-state index in [0.29, 0.717) is 0 Å². The Bertz CT molecular complexity index is 293. The molecule has 1 aliphatic heterocycles. The van der Waals surface area contributed by atoms with Crippen molar-refractivity contribution in [2.24, 2.45) is 5.92 Å². The molecule has 0 spiro atoms. The van der Waals surface area contributed by atoms with E-state index in [1.54, 1.807) is 0 Å². The van der Waals surface area contributed by atoms with E-state index in [1.807, 2.05) is 6.07 Å². The average Bonchev–Trinajstić information content (AvgIpc) is 2.83. The second kappa shape index (κ2) is 1.79. The van der Waals surface area contributed by atoms with Gasteiger partial charge in [0.1, 0.15) is 5.75 Å². The third kappa shape index (κ3) is 0.710. The van der Waals surface area contributed by atoms with E-state index < -0.39 is 0 Å². The molecule has 3 rings (SSSR count). The molecule has 2 aliphatic rings. The molecule has 0 bridgehead atoms. The highest BCUT2D eigenvalue weighted by molar-refractivity contribution is 5.41. The van der Waals surface area contributed by atoms with Gasteiger partial charge in [0.05, 0.1) is 6.61 Å². The first-order chi connectivity index (χ1) is 5.45.